The number of rotatable bonds is 4. The van der Waals surface area contributed by atoms with Crippen LogP contribution >= 0.6 is 11.3 Å². The van der Waals surface area contributed by atoms with E-state index in [1.807, 2.05) is 61.4 Å². The third-order valence-corrected chi connectivity index (χ3v) is 10.00. The van der Waals surface area contributed by atoms with Gasteiger partial charge in [-0.15, -0.1) is 11.3 Å². The summed E-state index contributed by atoms with van der Waals surface area (Å²) < 4.78 is 2.25. The van der Waals surface area contributed by atoms with Crippen molar-refractivity contribution in [2.24, 2.45) is 0 Å². The maximum atomic E-state index is 5.36. The predicted octanol–water partition coefficient (Wildman–Crippen LogP) is 10.6. The van der Waals surface area contributed by atoms with Crippen LogP contribution in [-0.4, -0.2) is 29.9 Å². The fourth-order valence-electron chi connectivity index (χ4n) is 6.57. The predicted molar refractivity (Wildman–Crippen MR) is 202 cm³/mol. The largest absolute Gasteiger partial charge is 0.354 e. The minimum absolute atomic E-state index is 0.871. The number of thiophene rings is 1. The minimum atomic E-state index is 0.871. The number of nitrogens with one attached hydrogen (secondary N) is 1. The summed E-state index contributed by atoms with van der Waals surface area (Å²) in [6.07, 6.45) is 19.5. The summed E-state index contributed by atoms with van der Waals surface area (Å²) in [6.45, 7) is 2.12. The van der Waals surface area contributed by atoms with E-state index in [-0.39, 0.29) is 0 Å². The molecule has 0 spiro atoms. The Morgan fingerprint density at radius 2 is 0.776 bits per heavy atom. The molecule has 8 bridgehead atoms. The molecular formula is C42H28N6S. The normalized spacial score (nSPS) is 12.0. The highest BCUT2D eigenvalue weighted by molar-refractivity contribution is 7.24. The second-order valence-electron chi connectivity index (χ2n) is 12.0. The van der Waals surface area contributed by atoms with Gasteiger partial charge in [-0.3, -0.25) is 15.0 Å². The van der Waals surface area contributed by atoms with Crippen LogP contribution in [0.3, 0.4) is 0 Å². The molecule has 8 heterocycles. The molecule has 0 fully saturated rings. The molecule has 1 aromatic carbocycles. The van der Waals surface area contributed by atoms with Gasteiger partial charge in [0.15, 0.2) is 0 Å². The highest BCUT2D eigenvalue weighted by atomic mass is 32.1. The number of hydrogen-bond donors (Lipinski definition) is 1. The summed E-state index contributed by atoms with van der Waals surface area (Å²) in [5.74, 6) is 0. The Morgan fingerprint density at radius 3 is 1.20 bits per heavy atom. The van der Waals surface area contributed by atoms with Crippen LogP contribution in [0.4, 0.5) is 0 Å². The topological polar surface area (TPSA) is 80.2 Å². The van der Waals surface area contributed by atoms with Crippen LogP contribution in [0.2, 0.25) is 0 Å². The Morgan fingerprint density at radius 1 is 0.408 bits per heavy atom. The van der Waals surface area contributed by atoms with Gasteiger partial charge in [0.2, 0.25) is 0 Å². The van der Waals surface area contributed by atoms with Gasteiger partial charge < -0.3 is 4.98 Å². The van der Waals surface area contributed by atoms with Crippen molar-refractivity contribution in [3.8, 4) is 44.5 Å². The van der Waals surface area contributed by atoms with Crippen LogP contribution in [-0.2, 0) is 0 Å². The molecule has 7 heteroatoms. The molecule has 232 valence electrons. The summed E-state index contributed by atoms with van der Waals surface area (Å²) in [5.41, 5.74) is 15.1. The summed E-state index contributed by atoms with van der Waals surface area (Å²) in [7, 11) is 0. The SMILES string of the molecule is Cc1ccc(-c2c3nc(c(-c4ccncc4)c4ccc([nH]4)c(-c4ccncc4)c4nc(c(-c5ccncc5)c5ccc2s5)C=C4)C=C3)cc1. The quantitative estimate of drug-likeness (QED) is 0.205. The maximum absolute atomic E-state index is 5.36. The fraction of sp³-hybridized carbons (Fsp3) is 0.0238. The van der Waals surface area contributed by atoms with Crippen molar-refractivity contribution in [2.45, 2.75) is 6.92 Å². The van der Waals surface area contributed by atoms with Crippen molar-refractivity contribution in [2.75, 3.05) is 0 Å². The van der Waals surface area contributed by atoms with E-state index in [4.69, 9.17) is 9.97 Å². The molecule has 6 aromatic heterocycles. The molecule has 1 N–H and O–H groups in total. The zero-order chi connectivity index (χ0) is 32.7. The number of nitrogens with zero attached hydrogens (tertiary/aromatic N) is 5. The second kappa shape index (κ2) is 12.0. The molecule has 0 atom stereocenters. The van der Waals surface area contributed by atoms with Crippen LogP contribution in [0, 0.1) is 6.92 Å². The molecule has 7 aromatic rings. The molecule has 9 rings (SSSR count). The molecular weight excluding hydrogens is 621 g/mol. The number of aromatic amines is 1. The minimum Gasteiger partial charge on any atom is -0.354 e. The first kappa shape index (κ1) is 28.9. The Kier molecular flexibility index (Phi) is 7.10. The second-order valence-corrected chi connectivity index (χ2v) is 13.0. The number of aryl methyl sites for hydroxylation is 1. The number of fused-ring (bicyclic) bond motifs is 8. The van der Waals surface area contributed by atoms with Gasteiger partial charge in [0.1, 0.15) is 0 Å². The lowest BCUT2D eigenvalue weighted by atomic mass is 10.0. The van der Waals surface area contributed by atoms with E-state index >= 15 is 0 Å². The zero-order valence-corrected chi connectivity index (χ0v) is 27.3. The van der Waals surface area contributed by atoms with Gasteiger partial charge in [-0.05, 0) is 114 Å². The summed E-state index contributed by atoms with van der Waals surface area (Å²) in [4.78, 5) is 27.4. The van der Waals surface area contributed by atoms with Crippen molar-refractivity contribution in [1.82, 2.24) is 29.9 Å². The average molecular weight is 649 g/mol. The van der Waals surface area contributed by atoms with Gasteiger partial charge >= 0.3 is 0 Å². The van der Waals surface area contributed by atoms with E-state index in [9.17, 15) is 0 Å². The van der Waals surface area contributed by atoms with E-state index in [0.29, 0.717) is 0 Å². The number of pyridine rings is 3. The number of hydrogen-bond acceptors (Lipinski definition) is 6. The van der Waals surface area contributed by atoms with Crippen LogP contribution in [0.25, 0.3) is 89.2 Å². The molecule has 0 saturated carbocycles. The first-order chi connectivity index (χ1) is 24.2. The van der Waals surface area contributed by atoms with Crippen molar-refractivity contribution < 1.29 is 0 Å². The summed E-state index contributed by atoms with van der Waals surface area (Å²) in [6, 6.07) is 29.6. The van der Waals surface area contributed by atoms with Gasteiger partial charge in [-0.1, -0.05) is 29.8 Å². The molecule has 2 aliphatic heterocycles. The standard InChI is InChI=1S/C42H28N6S/c1-26-2-4-27(5-3-26)41-35-10-8-33(47-35)39(28-14-20-43-21-15-28)31-6-7-32(46-31)40(29-16-22-44-23-17-29)34-9-11-36(48-34)42(30-18-24-45-25-19-30)38-13-12-37(41)49-38/h2-25,46H,1H3. The molecule has 2 aliphatic rings. The Bertz CT molecular complexity index is 2550. The smallest absolute Gasteiger partial charge is 0.0737 e. The van der Waals surface area contributed by atoms with Crippen LogP contribution in [0.5, 0.6) is 0 Å². The van der Waals surface area contributed by atoms with Gasteiger partial charge in [-0.25, -0.2) is 9.97 Å². The van der Waals surface area contributed by atoms with E-state index in [1.165, 1.54) is 5.56 Å². The Hall–Kier alpha value is -6.31. The van der Waals surface area contributed by atoms with Crippen molar-refractivity contribution in [3.63, 3.8) is 0 Å². The lowest BCUT2D eigenvalue weighted by Gasteiger charge is -2.06. The van der Waals surface area contributed by atoms with E-state index < -0.39 is 0 Å². The van der Waals surface area contributed by atoms with Crippen LogP contribution < -0.4 is 0 Å². The number of H-pyrrole nitrogens is 1. The maximum Gasteiger partial charge on any atom is 0.0737 e. The lowest BCUT2D eigenvalue weighted by molar-refractivity contribution is 1.30. The van der Waals surface area contributed by atoms with E-state index in [0.717, 1.165) is 87.7 Å². The molecule has 0 aliphatic carbocycles. The number of benzene rings is 1. The molecule has 0 radical (unpaired) electrons. The van der Waals surface area contributed by atoms with Gasteiger partial charge in [0, 0.05) is 79.9 Å². The monoisotopic (exact) mass is 648 g/mol. The van der Waals surface area contributed by atoms with Gasteiger partial charge in [0.25, 0.3) is 0 Å². The number of aromatic nitrogens is 6. The first-order valence-corrected chi connectivity index (χ1v) is 16.9. The van der Waals surface area contributed by atoms with E-state index in [2.05, 4.69) is 112 Å². The van der Waals surface area contributed by atoms with Crippen LogP contribution in [0.1, 0.15) is 28.3 Å². The molecule has 0 unspecified atom stereocenters. The molecule has 0 amide bonds. The average Bonchev–Trinajstić information content (AvgIpc) is 3.98. The summed E-state index contributed by atoms with van der Waals surface area (Å²) >= 11 is 1.75. The summed E-state index contributed by atoms with van der Waals surface area (Å²) in [5, 5.41) is 0. The van der Waals surface area contributed by atoms with E-state index in [1.54, 1.807) is 11.3 Å². The molecule has 49 heavy (non-hydrogen) atoms. The lowest BCUT2D eigenvalue weighted by Crippen LogP contribution is -1.89. The van der Waals surface area contributed by atoms with Gasteiger partial charge in [-0.2, -0.15) is 0 Å². The van der Waals surface area contributed by atoms with Crippen molar-refractivity contribution in [3.05, 3.63) is 150 Å². The zero-order valence-electron chi connectivity index (χ0n) is 26.5. The molecule has 6 nitrogen and oxygen atoms in total. The fourth-order valence-corrected chi connectivity index (χ4v) is 7.72. The van der Waals surface area contributed by atoms with Crippen molar-refractivity contribution in [1.29, 1.82) is 0 Å². The Labute approximate surface area is 286 Å². The highest BCUT2D eigenvalue weighted by Crippen LogP contribution is 2.41. The molecule has 0 saturated heterocycles. The highest BCUT2D eigenvalue weighted by Gasteiger charge is 2.19. The third kappa shape index (κ3) is 5.26. The first-order valence-electron chi connectivity index (χ1n) is 16.0. The third-order valence-electron chi connectivity index (χ3n) is 8.88. The Balaban J connectivity index is 1.48. The van der Waals surface area contributed by atoms with Gasteiger partial charge in [0.05, 0.1) is 22.8 Å². The van der Waals surface area contributed by atoms with Crippen LogP contribution in [0.15, 0.2) is 122 Å². The van der Waals surface area contributed by atoms with Crippen molar-refractivity contribution >= 4 is 56.1 Å².